The van der Waals surface area contributed by atoms with Gasteiger partial charge in [0.2, 0.25) is 0 Å². The minimum atomic E-state index is -0.806. The Morgan fingerprint density at radius 2 is 2.17 bits per heavy atom. The summed E-state index contributed by atoms with van der Waals surface area (Å²) >= 11 is 2.19. The molecule has 1 amide bonds. The molecule has 0 radical (unpaired) electrons. The highest BCUT2D eigenvalue weighted by Gasteiger charge is 2.13. The molecule has 1 N–H and O–H groups in total. The van der Waals surface area contributed by atoms with Crippen molar-refractivity contribution in [1.82, 2.24) is 5.32 Å². The van der Waals surface area contributed by atoms with Gasteiger partial charge in [0.05, 0.1) is 5.56 Å². The predicted octanol–water partition coefficient (Wildman–Crippen LogP) is 2.49. The molecule has 5 heteroatoms. The summed E-state index contributed by atoms with van der Waals surface area (Å²) in [7, 11) is -0.806. The number of rotatable bonds is 5. The molecule has 100 valence electrons. The fourth-order valence-corrected chi connectivity index (χ4v) is 2.83. The number of hydrogen-bond donors (Lipinski definition) is 1. The second-order valence-corrected chi connectivity index (χ2v) is 7.01. The van der Waals surface area contributed by atoms with E-state index in [4.69, 9.17) is 0 Å². The fourth-order valence-electron chi connectivity index (χ4n) is 1.54. The molecule has 0 spiro atoms. The summed E-state index contributed by atoms with van der Waals surface area (Å²) in [6.07, 6.45) is 2.41. The lowest BCUT2D eigenvalue weighted by molar-refractivity contribution is 0.0938. The fraction of sp³-hybridized carbons (Fsp3) is 0.462. The first kappa shape index (κ1) is 15.6. The molecule has 3 nitrogen and oxygen atoms in total. The third-order valence-electron chi connectivity index (χ3n) is 2.65. The van der Waals surface area contributed by atoms with E-state index in [9.17, 15) is 9.00 Å². The summed E-state index contributed by atoms with van der Waals surface area (Å²) in [5.41, 5.74) is 1.81. The Morgan fingerprint density at radius 1 is 1.50 bits per heavy atom. The zero-order valence-corrected chi connectivity index (χ0v) is 13.8. The summed E-state index contributed by atoms with van der Waals surface area (Å²) in [6, 6.07) is 5.74. The summed E-state index contributed by atoms with van der Waals surface area (Å²) in [5.74, 6) is 0.560. The van der Waals surface area contributed by atoms with Crippen LogP contribution in [0.25, 0.3) is 0 Å². The maximum absolute atomic E-state index is 12.1. The van der Waals surface area contributed by atoms with Gasteiger partial charge in [-0.1, -0.05) is 12.1 Å². The second kappa shape index (κ2) is 7.23. The maximum Gasteiger partial charge on any atom is 0.252 e. The first-order chi connectivity index (χ1) is 8.41. The lowest BCUT2D eigenvalue weighted by Gasteiger charge is -2.14. The summed E-state index contributed by atoms with van der Waals surface area (Å²) in [4.78, 5) is 12.1. The lowest BCUT2D eigenvalue weighted by atomic mass is 10.1. The van der Waals surface area contributed by atoms with Crippen LogP contribution in [0.15, 0.2) is 18.2 Å². The van der Waals surface area contributed by atoms with Crippen molar-refractivity contribution in [1.29, 1.82) is 0 Å². The van der Waals surface area contributed by atoms with Crippen LogP contribution in [-0.4, -0.2) is 28.2 Å². The molecule has 0 bridgehead atoms. The minimum absolute atomic E-state index is 0.0395. The Labute approximate surface area is 124 Å². The molecule has 1 rings (SSSR count). The highest BCUT2D eigenvalue weighted by molar-refractivity contribution is 14.1. The molecule has 2 atom stereocenters. The van der Waals surface area contributed by atoms with E-state index in [1.54, 1.807) is 6.26 Å². The van der Waals surface area contributed by atoms with Crippen molar-refractivity contribution in [3.63, 3.8) is 0 Å². The monoisotopic (exact) mass is 379 g/mol. The highest BCUT2D eigenvalue weighted by Crippen LogP contribution is 2.16. The van der Waals surface area contributed by atoms with E-state index in [0.29, 0.717) is 11.3 Å². The van der Waals surface area contributed by atoms with Crippen molar-refractivity contribution >= 4 is 39.3 Å². The molecule has 0 fully saturated rings. The van der Waals surface area contributed by atoms with Gasteiger partial charge in [0.25, 0.3) is 5.91 Å². The van der Waals surface area contributed by atoms with Gasteiger partial charge in [-0.2, -0.15) is 0 Å². The quantitative estimate of drug-likeness (QED) is 0.800. The van der Waals surface area contributed by atoms with Gasteiger partial charge in [-0.15, -0.1) is 0 Å². The van der Waals surface area contributed by atoms with Gasteiger partial charge in [-0.05, 0) is 54.5 Å². The molecule has 0 aliphatic rings. The van der Waals surface area contributed by atoms with E-state index in [1.807, 2.05) is 32.0 Å². The van der Waals surface area contributed by atoms with Crippen LogP contribution in [0.5, 0.6) is 0 Å². The highest BCUT2D eigenvalue weighted by atomic mass is 127. The van der Waals surface area contributed by atoms with Crippen LogP contribution in [0.4, 0.5) is 0 Å². The molecular weight excluding hydrogens is 361 g/mol. The van der Waals surface area contributed by atoms with Crippen molar-refractivity contribution < 1.29 is 9.00 Å². The number of carbonyl (C=O) groups excluding carboxylic acids is 1. The van der Waals surface area contributed by atoms with Crippen LogP contribution in [0, 0.1) is 10.5 Å². The second-order valence-electron chi connectivity index (χ2n) is 4.38. The number of hydrogen-bond acceptors (Lipinski definition) is 2. The molecule has 0 aliphatic heterocycles. The zero-order chi connectivity index (χ0) is 13.7. The third kappa shape index (κ3) is 4.68. The largest absolute Gasteiger partial charge is 0.350 e. The van der Waals surface area contributed by atoms with E-state index >= 15 is 0 Å². The van der Waals surface area contributed by atoms with Gasteiger partial charge in [0.15, 0.2) is 0 Å². The summed E-state index contributed by atoms with van der Waals surface area (Å²) < 4.78 is 12.0. The van der Waals surface area contributed by atoms with Crippen molar-refractivity contribution in [2.75, 3.05) is 12.0 Å². The normalized spacial score (nSPS) is 14.0. The molecule has 0 saturated heterocycles. The molecule has 0 saturated carbocycles. The standard InChI is InChI=1S/C13H18INO2S/c1-9-5-4-6-11(12(9)14)13(16)15-10(2)7-8-18(3)17/h4-6,10H,7-8H2,1-3H3,(H,15,16). The van der Waals surface area contributed by atoms with Crippen LogP contribution in [0.3, 0.4) is 0 Å². The van der Waals surface area contributed by atoms with E-state index in [1.165, 1.54) is 0 Å². The summed E-state index contributed by atoms with van der Waals surface area (Å²) in [6.45, 7) is 3.93. The van der Waals surface area contributed by atoms with E-state index in [-0.39, 0.29) is 11.9 Å². The van der Waals surface area contributed by atoms with Gasteiger partial charge in [-0.3, -0.25) is 9.00 Å². The minimum Gasteiger partial charge on any atom is -0.350 e. The summed E-state index contributed by atoms with van der Waals surface area (Å²) in [5, 5.41) is 2.94. The number of benzene rings is 1. The van der Waals surface area contributed by atoms with E-state index in [2.05, 4.69) is 27.9 Å². The van der Waals surface area contributed by atoms with Gasteiger partial charge in [0, 0.05) is 32.4 Å². The van der Waals surface area contributed by atoms with Gasteiger partial charge < -0.3 is 5.32 Å². The van der Waals surface area contributed by atoms with Crippen LogP contribution in [0.1, 0.15) is 29.3 Å². The number of aryl methyl sites for hydroxylation is 1. The third-order valence-corrected chi connectivity index (χ3v) is 4.89. The Hall–Kier alpha value is -0.430. The number of nitrogens with one attached hydrogen (secondary N) is 1. The topological polar surface area (TPSA) is 46.2 Å². The number of halogens is 1. The lowest BCUT2D eigenvalue weighted by Crippen LogP contribution is -2.34. The van der Waals surface area contributed by atoms with Gasteiger partial charge >= 0.3 is 0 Å². The first-order valence-corrected chi connectivity index (χ1v) is 8.58. The van der Waals surface area contributed by atoms with Crippen molar-refractivity contribution in [3.8, 4) is 0 Å². The first-order valence-electron chi connectivity index (χ1n) is 5.77. The molecule has 2 unspecified atom stereocenters. The zero-order valence-electron chi connectivity index (χ0n) is 10.8. The van der Waals surface area contributed by atoms with Gasteiger partial charge in [0.1, 0.15) is 0 Å². The van der Waals surface area contributed by atoms with Crippen LogP contribution in [0.2, 0.25) is 0 Å². The van der Waals surface area contributed by atoms with Crippen LogP contribution >= 0.6 is 22.6 Å². The SMILES string of the molecule is Cc1cccc(C(=O)NC(C)CCS(C)=O)c1I. The van der Waals surface area contributed by atoms with E-state index in [0.717, 1.165) is 15.6 Å². The maximum atomic E-state index is 12.1. The molecule has 0 aromatic heterocycles. The molecule has 1 aromatic rings. The van der Waals surface area contributed by atoms with Crippen molar-refractivity contribution in [3.05, 3.63) is 32.9 Å². The number of amides is 1. The smallest absolute Gasteiger partial charge is 0.252 e. The molecule has 0 heterocycles. The molecular formula is C13H18INO2S. The molecule has 18 heavy (non-hydrogen) atoms. The van der Waals surface area contributed by atoms with Crippen LogP contribution in [-0.2, 0) is 10.8 Å². The van der Waals surface area contributed by atoms with Gasteiger partial charge in [-0.25, -0.2) is 0 Å². The average molecular weight is 379 g/mol. The molecule has 1 aromatic carbocycles. The number of carbonyl (C=O) groups is 1. The predicted molar refractivity (Wildman–Crippen MR) is 84.4 cm³/mol. The Balaban J connectivity index is 2.65. The molecule has 0 aliphatic carbocycles. The Morgan fingerprint density at radius 3 is 2.78 bits per heavy atom. The average Bonchev–Trinajstić information content (AvgIpc) is 2.30. The van der Waals surface area contributed by atoms with E-state index < -0.39 is 10.8 Å². The van der Waals surface area contributed by atoms with Crippen molar-refractivity contribution in [2.24, 2.45) is 0 Å². The van der Waals surface area contributed by atoms with Crippen LogP contribution < -0.4 is 5.32 Å². The Bertz CT molecular complexity index is 462. The van der Waals surface area contributed by atoms with Crippen molar-refractivity contribution in [2.45, 2.75) is 26.3 Å². The Kier molecular flexibility index (Phi) is 6.28.